The van der Waals surface area contributed by atoms with Crippen molar-refractivity contribution in [2.24, 2.45) is 5.92 Å². The van der Waals surface area contributed by atoms with E-state index < -0.39 is 11.6 Å². The molecule has 2 N–H and O–H groups in total. The lowest BCUT2D eigenvalue weighted by Gasteiger charge is -2.41. The van der Waals surface area contributed by atoms with Gasteiger partial charge in [0.05, 0.1) is 11.4 Å². The van der Waals surface area contributed by atoms with Gasteiger partial charge in [0.15, 0.2) is 0 Å². The first-order valence-corrected chi connectivity index (χ1v) is 5.61. The lowest BCUT2D eigenvalue weighted by molar-refractivity contribution is 0.376. The zero-order chi connectivity index (χ0) is 11.7. The highest BCUT2D eigenvalue weighted by Gasteiger charge is 2.28. The second kappa shape index (κ2) is 4.28. The molecule has 1 aromatic carbocycles. The largest absolute Gasteiger partial charge is 0.396 e. The van der Waals surface area contributed by atoms with Gasteiger partial charge < -0.3 is 10.6 Å². The number of anilines is 2. The van der Waals surface area contributed by atoms with E-state index in [2.05, 4.69) is 6.92 Å². The first-order valence-electron chi connectivity index (χ1n) is 5.61. The maximum absolute atomic E-state index is 13.5. The quantitative estimate of drug-likeness (QED) is 0.803. The smallest absolute Gasteiger partial charge is 0.149 e. The summed E-state index contributed by atoms with van der Waals surface area (Å²) < 4.78 is 26.4. The van der Waals surface area contributed by atoms with Crippen molar-refractivity contribution >= 4 is 11.4 Å². The van der Waals surface area contributed by atoms with E-state index >= 15 is 0 Å². The molecule has 1 saturated heterocycles. The Morgan fingerprint density at radius 2 is 2.00 bits per heavy atom. The Bertz CT molecular complexity index is 387. The van der Waals surface area contributed by atoms with Gasteiger partial charge >= 0.3 is 0 Å². The number of nitrogens with zero attached hydrogens (tertiary/aromatic N) is 1. The van der Waals surface area contributed by atoms with Gasteiger partial charge in [-0.25, -0.2) is 8.78 Å². The van der Waals surface area contributed by atoms with Gasteiger partial charge in [0.1, 0.15) is 11.6 Å². The number of nitrogens with two attached hydrogens (primary N) is 1. The van der Waals surface area contributed by atoms with Crippen molar-refractivity contribution < 1.29 is 8.78 Å². The summed E-state index contributed by atoms with van der Waals surface area (Å²) in [6, 6.07) is 2.24. The molecule has 1 aliphatic heterocycles. The van der Waals surface area contributed by atoms with Gasteiger partial charge in [-0.3, -0.25) is 0 Å². The van der Waals surface area contributed by atoms with Crippen LogP contribution in [0.4, 0.5) is 20.2 Å². The molecule has 0 atom stereocenters. The van der Waals surface area contributed by atoms with Crippen LogP contribution in [0.25, 0.3) is 0 Å². The fourth-order valence-electron chi connectivity index (χ4n) is 2.15. The SMILES string of the molecule is CCCC1CN(c2cc(N)c(F)cc2F)C1. The van der Waals surface area contributed by atoms with Crippen LogP contribution in [0.2, 0.25) is 0 Å². The highest BCUT2D eigenvalue weighted by atomic mass is 19.1. The van der Waals surface area contributed by atoms with Gasteiger partial charge in [-0.15, -0.1) is 0 Å². The highest BCUT2D eigenvalue weighted by molar-refractivity contribution is 5.59. The molecular weight excluding hydrogens is 210 g/mol. The monoisotopic (exact) mass is 226 g/mol. The van der Waals surface area contributed by atoms with Gasteiger partial charge in [-0.05, 0) is 18.4 Å². The van der Waals surface area contributed by atoms with Crippen molar-refractivity contribution in [1.29, 1.82) is 0 Å². The molecule has 0 radical (unpaired) electrons. The third kappa shape index (κ3) is 1.96. The Balaban J connectivity index is 2.09. The third-order valence-corrected chi connectivity index (χ3v) is 3.06. The average molecular weight is 226 g/mol. The van der Waals surface area contributed by atoms with Crippen LogP contribution in [-0.2, 0) is 0 Å². The summed E-state index contributed by atoms with van der Waals surface area (Å²) in [5, 5.41) is 0. The first kappa shape index (κ1) is 11.2. The number of halogens is 2. The fraction of sp³-hybridized carbons (Fsp3) is 0.500. The number of hydrogen-bond donors (Lipinski definition) is 1. The van der Waals surface area contributed by atoms with Crippen LogP contribution in [0.15, 0.2) is 12.1 Å². The minimum Gasteiger partial charge on any atom is -0.396 e. The van der Waals surface area contributed by atoms with Crippen LogP contribution < -0.4 is 10.6 Å². The molecule has 0 bridgehead atoms. The van der Waals surface area contributed by atoms with E-state index in [1.54, 1.807) is 0 Å². The molecule has 0 amide bonds. The van der Waals surface area contributed by atoms with E-state index in [1.165, 1.54) is 6.07 Å². The molecule has 0 saturated carbocycles. The Labute approximate surface area is 94.0 Å². The van der Waals surface area contributed by atoms with Gasteiger partial charge in [0, 0.05) is 19.2 Å². The molecule has 1 aromatic rings. The molecule has 2 rings (SSSR count). The Morgan fingerprint density at radius 1 is 1.31 bits per heavy atom. The zero-order valence-electron chi connectivity index (χ0n) is 9.34. The summed E-state index contributed by atoms with van der Waals surface area (Å²) in [5.74, 6) is -0.579. The molecule has 1 heterocycles. The number of nitrogen functional groups attached to an aromatic ring is 1. The van der Waals surface area contributed by atoms with Gasteiger partial charge in [0.25, 0.3) is 0 Å². The highest BCUT2D eigenvalue weighted by Crippen LogP contribution is 2.31. The Hall–Kier alpha value is -1.32. The number of rotatable bonds is 3. The minimum absolute atomic E-state index is 0.00958. The lowest BCUT2D eigenvalue weighted by Crippen LogP contribution is -2.47. The van der Waals surface area contributed by atoms with E-state index in [-0.39, 0.29) is 5.69 Å². The predicted molar refractivity (Wildman–Crippen MR) is 61.4 cm³/mol. The van der Waals surface area contributed by atoms with E-state index in [1.807, 2.05) is 4.90 Å². The average Bonchev–Trinajstić information content (AvgIpc) is 2.17. The van der Waals surface area contributed by atoms with Crippen molar-refractivity contribution in [2.75, 3.05) is 23.7 Å². The van der Waals surface area contributed by atoms with Crippen LogP contribution in [0, 0.1) is 17.6 Å². The maximum atomic E-state index is 13.5. The van der Waals surface area contributed by atoms with Crippen molar-refractivity contribution in [3.05, 3.63) is 23.8 Å². The van der Waals surface area contributed by atoms with E-state index in [0.717, 1.165) is 32.0 Å². The van der Waals surface area contributed by atoms with E-state index in [0.29, 0.717) is 11.6 Å². The number of benzene rings is 1. The number of hydrogen-bond acceptors (Lipinski definition) is 2. The van der Waals surface area contributed by atoms with Crippen molar-refractivity contribution in [1.82, 2.24) is 0 Å². The van der Waals surface area contributed by atoms with Gasteiger partial charge in [-0.1, -0.05) is 13.3 Å². The first-order chi connectivity index (χ1) is 7.61. The Morgan fingerprint density at radius 3 is 2.62 bits per heavy atom. The van der Waals surface area contributed by atoms with Crippen LogP contribution in [0.5, 0.6) is 0 Å². The summed E-state index contributed by atoms with van der Waals surface area (Å²) in [6.07, 6.45) is 2.31. The van der Waals surface area contributed by atoms with E-state index in [4.69, 9.17) is 5.73 Å². The standard InChI is InChI=1S/C12H16F2N2/c1-2-3-8-6-16(7-8)12-5-11(15)9(13)4-10(12)14/h4-5,8H,2-3,6-7,15H2,1H3. The topological polar surface area (TPSA) is 29.3 Å². The summed E-state index contributed by atoms with van der Waals surface area (Å²) in [4.78, 5) is 1.91. The molecule has 0 aromatic heterocycles. The molecule has 1 fully saturated rings. The molecule has 0 spiro atoms. The van der Waals surface area contributed by atoms with Crippen LogP contribution in [0.3, 0.4) is 0 Å². The maximum Gasteiger partial charge on any atom is 0.149 e. The second-order valence-electron chi connectivity index (χ2n) is 4.38. The van der Waals surface area contributed by atoms with Crippen LogP contribution >= 0.6 is 0 Å². The van der Waals surface area contributed by atoms with Crippen molar-refractivity contribution in [2.45, 2.75) is 19.8 Å². The van der Waals surface area contributed by atoms with Crippen molar-refractivity contribution in [3.8, 4) is 0 Å². The molecule has 0 aliphatic carbocycles. The summed E-state index contributed by atoms with van der Waals surface area (Å²) in [6.45, 7) is 3.82. The predicted octanol–water partition coefficient (Wildman–Crippen LogP) is 2.78. The second-order valence-corrected chi connectivity index (χ2v) is 4.38. The normalized spacial score (nSPS) is 16.3. The summed E-state index contributed by atoms with van der Waals surface area (Å²) >= 11 is 0. The lowest BCUT2D eigenvalue weighted by atomic mass is 9.94. The zero-order valence-corrected chi connectivity index (χ0v) is 9.34. The van der Waals surface area contributed by atoms with Gasteiger partial charge in [0.2, 0.25) is 0 Å². The molecule has 0 unspecified atom stereocenters. The molecule has 1 aliphatic rings. The van der Waals surface area contributed by atoms with E-state index in [9.17, 15) is 8.78 Å². The minimum atomic E-state index is -0.688. The fourth-order valence-corrected chi connectivity index (χ4v) is 2.15. The molecule has 16 heavy (non-hydrogen) atoms. The summed E-state index contributed by atoms with van der Waals surface area (Å²) in [5.41, 5.74) is 5.86. The summed E-state index contributed by atoms with van der Waals surface area (Å²) in [7, 11) is 0. The van der Waals surface area contributed by atoms with Crippen LogP contribution in [0.1, 0.15) is 19.8 Å². The van der Waals surface area contributed by atoms with Crippen LogP contribution in [-0.4, -0.2) is 13.1 Å². The molecule has 4 heteroatoms. The Kier molecular flexibility index (Phi) is 2.99. The molecule has 2 nitrogen and oxygen atoms in total. The molecular formula is C12H16F2N2. The molecule has 88 valence electrons. The third-order valence-electron chi connectivity index (χ3n) is 3.06. The van der Waals surface area contributed by atoms with Gasteiger partial charge in [-0.2, -0.15) is 0 Å². The van der Waals surface area contributed by atoms with Crippen molar-refractivity contribution in [3.63, 3.8) is 0 Å².